The SMILES string of the molecule is CCC[C@H](C)c1nc(N2CCN(C(=O)C[C@H](C)CC(C)(C)C)CC2)c2cnn(-c3ccccc3)c2n1. The molecule has 7 nitrogen and oxygen atoms in total. The monoisotopic (exact) mass is 490 g/mol. The maximum absolute atomic E-state index is 13.0. The molecule has 1 aliphatic rings. The number of fused-ring (bicyclic) bond motifs is 1. The van der Waals surface area contributed by atoms with Crippen molar-refractivity contribution in [1.82, 2.24) is 24.6 Å². The van der Waals surface area contributed by atoms with E-state index >= 15 is 0 Å². The third-order valence-corrected chi connectivity index (χ3v) is 7.00. The molecule has 4 rings (SSSR count). The molecule has 3 aromatic rings. The van der Waals surface area contributed by atoms with Crippen LogP contribution in [0.5, 0.6) is 0 Å². The summed E-state index contributed by atoms with van der Waals surface area (Å²) in [6, 6.07) is 10.1. The first-order valence-corrected chi connectivity index (χ1v) is 13.5. The first kappa shape index (κ1) is 26.1. The van der Waals surface area contributed by atoms with E-state index in [-0.39, 0.29) is 17.2 Å². The van der Waals surface area contributed by atoms with Crippen LogP contribution >= 0.6 is 0 Å². The summed E-state index contributed by atoms with van der Waals surface area (Å²) >= 11 is 0. The second-order valence-electron chi connectivity index (χ2n) is 11.7. The van der Waals surface area contributed by atoms with Crippen LogP contribution < -0.4 is 4.90 Å². The molecule has 1 saturated heterocycles. The summed E-state index contributed by atoms with van der Waals surface area (Å²) in [5.41, 5.74) is 2.08. The average Bonchev–Trinajstić information content (AvgIpc) is 3.27. The van der Waals surface area contributed by atoms with Gasteiger partial charge in [0.15, 0.2) is 5.65 Å². The summed E-state index contributed by atoms with van der Waals surface area (Å²) in [6.07, 6.45) is 5.70. The number of hydrogen-bond donors (Lipinski definition) is 0. The maximum Gasteiger partial charge on any atom is 0.222 e. The van der Waals surface area contributed by atoms with Crippen LogP contribution in [-0.2, 0) is 4.79 Å². The molecule has 2 atom stereocenters. The predicted molar refractivity (Wildman–Crippen MR) is 147 cm³/mol. The molecule has 1 aliphatic heterocycles. The molecule has 0 saturated carbocycles. The standard InChI is InChI=1S/C29H42N6O/c1-7-11-22(3)26-31-27(24-20-30-35(28(24)32-26)23-12-9-8-10-13-23)34-16-14-33(15-17-34)25(36)18-21(2)19-29(4,5)6/h8-10,12-13,20-22H,7,11,14-19H2,1-6H3/t21-,22-/m0/s1. The Bertz CT molecular complexity index is 1160. The van der Waals surface area contributed by atoms with E-state index in [2.05, 4.69) is 58.6 Å². The zero-order valence-corrected chi connectivity index (χ0v) is 22.9. The molecule has 36 heavy (non-hydrogen) atoms. The Hall–Kier alpha value is -2.96. The van der Waals surface area contributed by atoms with Gasteiger partial charge in [0.05, 0.1) is 17.3 Å². The average molecular weight is 491 g/mol. The van der Waals surface area contributed by atoms with E-state index in [1.165, 1.54) is 0 Å². The van der Waals surface area contributed by atoms with Crippen molar-refractivity contribution in [3.8, 4) is 5.69 Å². The highest BCUT2D eigenvalue weighted by Gasteiger charge is 2.27. The molecule has 2 aromatic heterocycles. The van der Waals surface area contributed by atoms with Crippen molar-refractivity contribution in [3.05, 3.63) is 42.4 Å². The van der Waals surface area contributed by atoms with Crippen LogP contribution in [0.15, 0.2) is 36.5 Å². The zero-order valence-electron chi connectivity index (χ0n) is 22.9. The number of anilines is 1. The second kappa shape index (κ2) is 11.0. The lowest BCUT2D eigenvalue weighted by atomic mass is 9.84. The number of amides is 1. The van der Waals surface area contributed by atoms with Gasteiger partial charge in [0.25, 0.3) is 0 Å². The van der Waals surface area contributed by atoms with Gasteiger partial charge in [-0.05, 0) is 36.3 Å². The third kappa shape index (κ3) is 6.05. The molecule has 0 radical (unpaired) electrons. The van der Waals surface area contributed by atoms with Crippen LogP contribution in [0.2, 0.25) is 0 Å². The van der Waals surface area contributed by atoms with Gasteiger partial charge in [-0.1, -0.05) is 66.2 Å². The largest absolute Gasteiger partial charge is 0.352 e. The van der Waals surface area contributed by atoms with Gasteiger partial charge in [0, 0.05) is 38.5 Å². The topological polar surface area (TPSA) is 67.2 Å². The van der Waals surface area contributed by atoms with E-state index < -0.39 is 0 Å². The lowest BCUT2D eigenvalue weighted by molar-refractivity contribution is -0.132. The molecule has 0 spiro atoms. The van der Waals surface area contributed by atoms with Crippen molar-refractivity contribution in [2.45, 2.75) is 73.1 Å². The Balaban J connectivity index is 1.56. The van der Waals surface area contributed by atoms with Gasteiger partial charge in [-0.25, -0.2) is 14.6 Å². The number of carbonyl (C=O) groups is 1. The molecule has 194 valence electrons. The van der Waals surface area contributed by atoms with Gasteiger partial charge in [-0.3, -0.25) is 4.79 Å². The third-order valence-electron chi connectivity index (χ3n) is 7.00. The number of aromatic nitrogens is 4. The fourth-order valence-electron chi connectivity index (χ4n) is 5.40. The number of nitrogens with zero attached hydrogens (tertiary/aromatic N) is 6. The van der Waals surface area contributed by atoms with Crippen molar-refractivity contribution in [1.29, 1.82) is 0 Å². The van der Waals surface area contributed by atoms with E-state index in [1.807, 2.05) is 34.0 Å². The fraction of sp³-hybridized carbons (Fsp3) is 0.586. The molecule has 0 bridgehead atoms. The van der Waals surface area contributed by atoms with Crippen LogP contribution in [-0.4, -0.2) is 56.7 Å². The molecule has 7 heteroatoms. The Kier molecular flexibility index (Phi) is 7.96. The number of para-hydroxylation sites is 1. The molecular weight excluding hydrogens is 448 g/mol. The summed E-state index contributed by atoms with van der Waals surface area (Å²) in [5, 5.41) is 5.66. The van der Waals surface area contributed by atoms with Gasteiger partial charge in [-0.15, -0.1) is 0 Å². The smallest absolute Gasteiger partial charge is 0.222 e. The van der Waals surface area contributed by atoms with Gasteiger partial charge in [0.2, 0.25) is 5.91 Å². The minimum atomic E-state index is 0.244. The maximum atomic E-state index is 13.0. The number of hydrogen-bond acceptors (Lipinski definition) is 5. The fourth-order valence-corrected chi connectivity index (χ4v) is 5.40. The highest BCUT2D eigenvalue weighted by molar-refractivity contribution is 5.88. The van der Waals surface area contributed by atoms with Gasteiger partial charge in [0.1, 0.15) is 11.6 Å². The van der Waals surface area contributed by atoms with Gasteiger partial charge >= 0.3 is 0 Å². The minimum absolute atomic E-state index is 0.244. The van der Waals surface area contributed by atoms with E-state index in [9.17, 15) is 4.79 Å². The molecule has 3 heterocycles. The van der Waals surface area contributed by atoms with Crippen molar-refractivity contribution < 1.29 is 4.79 Å². The molecule has 1 amide bonds. The normalized spacial score (nSPS) is 16.4. The van der Waals surface area contributed by atoms with Crippen LogP contribution in [0.1, 0.15) is 79.0 Å². The van der Waals surface area contributed by atoms with Gasteiger partial charge in [-0.2, -0.15) is 5.10 Å². The number of rotatable bonds is 8. The summed E-state index contributed by atoms with van der Waals surface area (Å²) in [5.74, 6) is 2.74. The van der Waals surface area contributed by atoms with E-state index in [0.29, 0.717) is 12.3 Å². The summed E-state index contributed by atoms with van der Waals surface area (Å²) in [7, 11) is 0. The van der Waals surface area contributed by atoms with E-state index in [4.69, 9.17) is 15.1 Å². The summed E-state index contributed by atoms with van der Waals surface area (Å²) in [6.45, 7) is 16.3. The van der Waals surface area contributed by atoms with Gasteiger partial charge < -0.3 is 9.80 Å². The zero-order chi connectivity index (χ0) is 25.9. The molecule has 0 N–H and O–H groups in total. The number of benzene rings is 1. The molecule has 1 fully saturated rings. The molecular formula is C29H42N6O. The van der Waals surface area contributed by atoms with Crippen LogP contribution in [0.4, 0.5) is 5.82 Å². The number of carbonyl (C=O) groups excluding carboxylic acids is 1. The van der Waals surface area contributed by atoms with Crippen molar-refractivity contribution in [3.63, 3.8) is 0 Å². The Morgan fingerprint density at radius 3 is 2.36 bits per heavy atom. The minimum Gasteiger partial charge on any atom is -0.352 e. The predicted octanol–water partition coefficient (Wildman–Crippen LogP) is 5.83. The Labute approximate surface area is 215 Å². The van der Waals surface area contributed by atoms with Crippen LogP contribution in [0.3, 0.4) is 0 Å². The first-order valence-electron chi connectivity index (χ1n) is 13.5. The van der Waals surface area contributed by atoms with Crippen molar-refractivity contribution >= 4 is 22.8 Å². The van der Waals surface area contributed by atoms with Crippen molar-refractivity contribution in [2.24, 2.45) is 11.3 Å². The lowest BCUT2D eigenvalue weighted by Gasteiger charge is -2.36. The van der Waals surface area contributed by atoms with E-state index in [1.54, 1.807) is 0 Å². The number of piperazine rings is 1. The highest BCUT2D eigenvalue weighted by Crippen LogP contribution is 2.30. The van der Waals surface area contributed by atoms with Crippen molar-refractivity contribution in [2.75, 3.05) is 31.1 Å². The Morgan fingerprint density at radius 1 is 1.03 bits per heavy atom. The van der Waals surface area contributed by atoms with Crippen LogP contribution in [0, 0.1) is 11.3 Å². The lowest BCUT2D eigenvalue weighted by Crippen LogP contribution is -2.49. The highest BCUT2D eigenvalue weighted by atomic mass is 16.2. The summed E-state index contributed by atoms with van der Waals surface area (Å²) in [4.78, 5) is 27.4. The molecule has 1 aromatic carbocycles. The quantitative estimate of drug-likeness (QED) is 0.397. The first-order chi connectivity index (χ1) is 17.2. The molecule has 0 unspecified atom stereocenters. The van der Waals surface area contributed by atoms with Crippen LogP contribution in [0.25, 0.3) is 16.7 Å². The molecule has 0 aliphatic carbocycles. The Morgan fingerprint density at radius 2 is 1.72 bits per heavy atom. The van der Waals surface area contributed by atoms with E-state index in [0.717, 1.165) is 73.8 Å². The second-order valence-corrected chi connectivity index (χ2v) is 11.7. The summed E-state index contributed by atoms with van der Waals surface area (Å²) < 4.78 is 1.92.